The molecule has 0 amide bonds. The summed E-state index contributed by atoms with van der Waals surface area (Å²) in [6, 6.07) is 8.82. The van der Waals surface area contributed by atoms with Crippen LogP contribution in [0.25, 0.3) is 10.8 Å². The van der Waals surface area contributed by atoms with Crippen LogP contribution in [0.15, 0.2) is 36.4 Å². The summed E-state index contributed by atoms with van der Waals surface area (Å²) in [6.45, 7) is 2.19. The minimum atomic E-state index is -4.41. The molecule has 2 aromatic rings. The molecule has 0 aliphatic carbocycles. The Morgan fingerprint density at radius 2 is 1.67 bits per heavy atom. The second-order valence-electron chi connectivity index (χ2n) is 6.43. The normalized spacial score (nSPS) is 13.4. The van der Waals surface area contributed by atoms with Crippen LogP contribution in [0.1, 0.15) is 62.6 Å². The molecule has 0 aliphatic heterocycles. The van der Waals surface area contributed by atoms with Crippen molar-refractivity contribution in [1.82, 2.24) is 0 Å². The number of rotatable bonds is 8. The van der Waals surface area contributed by atoms with Gasteiger partial charge in [0.25, 0.3) is 0 Å². The second kappa shape index (κ2) is 8.52. The first kappa shape index (κ1) is 18.8. The standard InChI is InChI=1S/C20H26F3N/c1-2-3-4-5-6-7-9-15-10-8-11-16-12-13-17(14-18(15)16)19(24)20(21,22)23/h8,10-14,19H,2-7,9,24H2,1H3/t19-/m0/s1. The zero-order valence-electron chi connectivity index (χ0n) is 14.2. The molecular weight excluding hydrogens is 311 g/mol. The molecule has 0 spiro atoms. The van der Waals surface area contributed by atoms with E-state index in [0.717, 1.165) is 35.6 Å². The van der Waals surface area contributed by atoms with Gasteiger partial charge in [-0.15, -0.1) is 0 Å². The topological polar surface area (TPSA) is 26.0 Å². The van der Waals surface area contributed by atoms with Gasteiger partial charge in [0, 0.05) is 0 Å². The van der Waals surface area contributed by atoms with Gasteiger partial charge >= 0.3 is 6.18 Å². The van der Waals surface area contributed by atoms with E-state index in [1.54, 1.807) is 12.1 Å². The molecule has 0 fully saturated rings. The van der Waals surface area contributed by atoms with E-state index in [-0.39, 0.29) is 5.56 Å². The van der Waals surface area contributed by atoms with Crippen LogP contribution in [0.5, 0.6) is 0 Å². The number of alkyl halides is 3. The number of hydrogen-bond acceptors (Lipinski definition) is 1. The van der Waals surface area contributed by atoms with Crippen LogP contribution in [0.4, 0.5) is 13.2 Å². The zero-order chi connectivity index (χ0) is 17.6. The van der Waals surface area contributed by atoms with Crippen LogP contribution in [-0.2, 0) is 6.42 Å². The molecule has 0 aromatic heterocycles. The van der Waals surface area contributed by atoms with Gasteiger partial charge in [0.15, 0.2) is 0 Å². The fourth-order valence-electron chi connectivity index (χ4n) is 3.05. The molecule has 0 unspecified atom stereocenters. The summed E-state index contributed by atoms with van der Waals surface area (Å²) < 4.78 is 38.6. The van der Waals surface area contributed by atoms with E-state index in [0.29, 0.717) is 0 Å². The first-order valence-corrected chi connectivity index (χ1v) is 8.77. The maximum atomic E-state index is 12.9. The van der Waals surface area contributed by atoms with Crippen LogP contribution < -0.4 is 5.73 Å². The molecule has 24 heavy (non-hydrogen) atoms. The third-order valence-corrected chi connectivity index (χ3v) is 4.51. The lowest BCUT2D eigenvalue weighted by Crippen LogP contribution is -2.28. The number of unbranched alkanes of at least 4 members (excludes halogenated alkanes) is 5. The van der Waals surface area contributed by atoms with Crippen molar-refractivity contribution < 1.29 is 13.2 Å². The summed E-state index contributed by atoms with van der Waals surface area (Å²) in [5.41, 5.74) is 6.60. The Morgan fingerprint density at radius 1 is 0.958 bits per heavy atom. The Morgan fingerprint density at radius 3 is 2.38 bits per heavy atom. The molecule has 2 N–H and O–H groups in total. The van der Waals surface area contributed by atoms with E-state index in [9.17, 15) is 13.2 Å². The van der Waals surface area contributed by atoms with E-state index in [1.807, 2.05) is 18.2 Å². The smallest absolute Gasteiger partial charge is 0.316 e. The van der Waals surface area contributed by atoms with E-state index < -0.39 is 12.2 Å². The van der Waals surface area contributed by atoms with Gasteiger partial charge in [-0.3, -0.25) is 0 Å². The number of aryl methyl sites for hydroxylation is 1. The van der Waals surface area contributed by atoms with Crippen LogP contribution in [0, 0.1) is 0 Å². The van der Waals surface area contributed by atoms with Crippen molar-refractivity contribution in [2.75, 3.05) is 0 Å². The maximum absolute atomic E-state index is 12.9. The highest BCUT2D eigenvalue weighted by Gasteiger charge is 2.37. The quantitative estimate of drug-likeness (QED) is 0.562. The van der Waals surface area contributed by atoms with Crippen LogP contribution in [0.2, 0.25) is 0 Å². The van der Waals surface area contributed by atoms with Crippen LogP contribution >= 0.6 is 0 Å². The van der Waals surface area contributed by atoms with Gasteiger partial charge in [-0.2, -0.15) is 13.2 Å². The maximum Gasteiger partial charge on any atom is 0.407 e. The van der Waals surface area contributed by atoms with Gasteiger partial charge in [0.2, 0.25) is 0 Å². The summed E-state index contributed by atoms with van der Waals surface area (Å²) >= 11 is 0. The fourth-order valence-corrected chi connectivity index (χ4v) is 3.05. The highest BCUT2D eigenvalue weighted by atomic mass is 19.4. The summed E-state index contributed by atoms with van der Waals surface area (Å²) in [7, 11) is 0. The highest BCUT2D eigenvalue weighted by Crippen LogP contribution is 2.32. The number of fused-ring (bicyclic) bond motifs is 1. The average molecular weight is 337 g/mol. The van der Waals surface area contributed by atoms with Crippen molar-refractivity contribution in [1.29, 1.82) is 0 Å². The Bertz CT molecular complexity index is 649. The van der Waals surface area contributed by atoms with Crippen molar-refractivity contribution >= 4 is 10.8 Å². The van der Waals surface area contributed by atoms with Gasteiger partial charge < -0.3 is 5.73 Å². The summed E-state index contributed by atoms with van der Waals surface area (Å²) in [5, 5.41) is 1.86. The van der Waals surface area contributed by atoms with E-state index >= 15 is 0 Å². The zero-order valence-corrected chi connectivity index (χ0v) is 14.2. The number of benzene rings is 2. The average Bonchev–Trinajstić information content (AvgIpc) is 2.56. The predicted octanol–water partition coefficient (Wildman–Crippen LogP) is 6.30. The lowest BCUT2D eigenvalue weighted by molar-refractivity contribution is -0.149. The van der Waals surface area contributed by atoms with Crippen LogP contribution in [0.3, 0.4) is 0 Å². The van der Waals surface area contributed by atoms with Crippen molar-refractivity contribution in [3.05, 3.63) is 47.5 Å². The molecule has 0 radical (unpaired) electrons. The molecule has 1 nitrogen and oxygen atoms in total. The van der Waals surface area contributed by atoms with Crippen molar-refractivity contribution in [2.45, 2.75) is 64.1 Å². The fraction of sp³-hybridized carbons (Fsp3) is 0.500. The largest absolute Gasteiger partial charge is 0.407 e. The third-order valence-electron chi connectivity index (χ3n) is 4.51. The Kier molecular flexibility index (Phi) is 6.67. The lowest BCUT2D eigenvalue weighted by atomic mass is 9.95. The SMILES string of the molecule is CCCCCCCCc1cccc2ccc([C@H](N)C(F)(F)F)cc12. The molecule has 2 rings (SSSR count). The minimum Gasteiger partial charge on any atom is -0.316 e. The Balaban J connectivity index is 2.12. The molecule has 2 aromatic carbocycles. The van der Waals surface area contributed by atoms with E-state index in [4.69, 9.17) is 5.73 Å². The predicted molar refractivity (Wildman–Crippen MR) is 94.0 cm³/mol. The monoisotopic (exact) mass is 337 g/mol. The van der Waals surface area contributed by atoms with Crippen LogP contribution in [-0.4, -0.2) is 6.18 Å². The third kappa shape index (κ3) is 4.97. The Labute approximate surface area is 142 Å². The van der Waals surface area contributed by atoms with Crippen molar-refractivity contribution in [3.8, 4) is 0 Å². The van der Waals surface area contributed by atoms with E-state index in [1.165, 1.54) is 31.7 Å². The van der Waals surface area contributed by atoms with Crippen molar-refractivity contribution in [2.24, 2.45) is 5.73 Å². The molecular formula is C20H26F3N. The first-order chi connectivity index (χ1) is 11.4. The number of hydrogen-bond donors (Lipinski definition) is 1. The molecule has 0 bridgehead atoms. The summed E-state index contributed by atoms with van der Waals surface area (Å²) in [4.78, 5) is 0. The molecule has 0 aliphatic rings. The summed E-state index contributed by atoms with van der Waals surface area (Å²) in [5.74, 6) is 0. The van der Waals surface area contributed by atoms with Gasteiger partial charge in [-0.25, -0.2) is 0 Å². The van der Waals surface area contributed by atoms with Gasteiger partial charge in [-0.1, -0.05) is 69.4 Å². The Hall–Kier alpha value is -1.55. The lowest BCUT2D eigenvalue weighted by Gasteiger charge is -2.17. The van der Waals surface area contributed by atoms with Gasteiger partial charge in [0.1, 0.15) is 6.04 Å². The summed E-state index contributed by atoms with van der Waals surface area (Å²) in [6.07, 6.45) is 3.70. The molecule has 0 saturated heterocycles. The van der Waals surface area contributed by atoms with Gasteiger partial charge in [0.05, 0.1) is 0 Å². The first-order valence-electron chi connectivity index (χ1n) is 8.77. The molecule has 4 heteroatoms. The van der Waals surface area contributed by atoms with Gasteiger partial charge in [-0.05, 0) is 40.8 Å². The molecule has 0 saturated carbocycles. The van der Waals surface area contributed by atoms with Crippen molar-refractivity contribution in [3.63, 3.8) is 0 Å². The second-order valence-corrected chi connectivity index (χ2v) is 6.43. The number of halogens is 3. The molecule has 132 valence electrons. The van der Waals surface area contributed by atoms with E-state index in [2.05, 4.69) is 6.92 Å². The molecule has 1 atom stereocenters. The minimum absolute atomic E-state index is 0.130. The number of nitrogens with two attached hydrogens (primary N) is 1. The highest BCUT2D eigenvalue weighted by molar-refractivity contribution is 5.86. The molecule has 0 heterocycles.